The molecule has 1 fully saturated rings. The van der Waals surface area contributed by atoms with Crippen LogP contribution in [0, 0.1) is 0 Å². The van der Waals surface area contributed by atoms with Gasteiger partial charge in [0, 0.05) is 11.0 Å². The van der Waals surface area contributed by atoms with Gasteiger partial charge in [0.1, 0.15) is 0 Å². The van der Waals surface area contributed by atoms with E-state index in [1.807, 2.05) is 11.8 Å². The average Bonchev–Trinajstić information content (AvgIpc) is 2.67. The molecule has 0 atom stereocenters. The van der Waals surface area contributed by atoms with Gasteiger partial charge in [0.05, 0.1) is 5.60 Å². The van der Waals surface area contributed by atoms with Gasteiger partial charge in [0.25, 0.3) is 0 Å². The van der Waals surface area contributed by atoms with Crippen LogP contribution < -0.4 is 0 Å². The van der Waals surface area contributed by atoms with Crippen LogP contribution in [0.5, 0.6) is 0 Å². The van der Waals surface area contributed by atoms with Gasteiger partial charge in [-0.15, -0.1) is 0 Å². The van der Waals surface area contributed by atoms with Crippen molar-refractivity contribution in [3.8, 4) is 0 Å². The minimum absolute atomic E-state index is 0.396. The molecule has 0 aliphatic heterocycles. The molecule has 0 amide bonds. The molecule has 2 heteroatoms. The standard InChI is InChI=1S/C11H22OS/c1-3-11(12,4-2)9-13-10-7-5-6-8-10/h10,12H,3-9H2,1-2H3. The molecule has 0 aromatic rings. The van der Waals surface area contributed by atoms with E-state index in [9.17, 15) is 5.11 Å². The zero-order chi connectivity index (χ0) is 9.73. The summed E-state index contributed by atoms with van der Waals surface area (Å²) in [6.07, 6.45) is 7.32. The first-order chi connectivity index (χ1) is 6.20. The van der Waals surface area contributed by atoms with Crippen molar-refractivity contribution < 1.29 is 5.11 Å². The van der Waals surface area contributed by atoms with E-state index < -0.39 is 5.60 Å². The molecule has 1 aliphatic rings. The maximum absolute atomic E-state index is 10.1. The normalized spacial score (nSPS) is 19.6. The van der Waals surface area contributed by atoms with E-state index in [4.69, 9.17) is 0 Å². The predicted molar refractivity (Wildman–Crippen MR) is 60.2 cm³/mol. The lowest BCUT2D eigenvalue weighted by atomic mass is 10.0. The molecular weight excluding hydrogens is 180 g/mol. The lowest BCUT2D eigenvalue weighted by molar-refractivity contribution is 0.0571. The number of aliphatic hydroxyl groups is 1. The molecule has 0 radical (unpaired) electrons. The first-order valence-electron chi connectivity index (χ1n) is 5.54. The van der Waals surface area contributed by atoms with Gasteiger partial charge in [0.15, 0.2) is 0 Å². The molecule has 0 aromatic heterocycles. The molecule has 1 nitrogen and oxygen atoms in total. The smallest absolute Gasteiger partial charge is 0.0732 e. The zero-order valence-corrected chi connectivity index (χ0v) is 9.70. The number of hydrogen-bond acceptors (Lipinski definition) is 2. The second kappa shape index (κ2) is 5.26. The zero-order valence-electron chi connectivity index (χ0n) is 8.88. The topological polar surface area (TPSA) is 20.2 Å². The second-order valence-corrected chi connectivity index (χ2v) is 5.44. The van der Waals surface area contributed by atoms with Crippen molar-refractivity contribution in [1.29, 1.82) is 0 Å². The fourth-order valence-electron chi connectivity index (χ4n) is 1.78. The van der Waals surface area contributed by atoms with Crippen LogP contribution in [0.4, 0.5) is 0 Å². The van der Waals surface area contributed by atoms with Crippen molar-refractivity contribution in [3.63, 3.8) is 0 Å². The van der Waals surface area contributed by atoms with Gasteiger partial charge < -0.3 is 5.11 Å². The molecule has 0 unspecified atom stereocenters. The summed E-state index contributed by atoms with van der Waals surface area (Å²) in [7, 11) is 0. The Labute approximate surface area is 86.3 Å². The van der Waals surface area contributed by atoms with Crippen LogP contribution in [-0.2, 0) is 0 Å². The second-order valence-electron chi connectivity index (χ2n) is 4.15. The van der Waals surface area contributed by atoms with Crippen LogP contribution in [0.25, 0.3) is 0 Å². The number of rotatable bonds is 5. The van der Waals surface area contributed by atoms with Crippen LogP contribution in [0.15, 0.2) is 0 Å². The minimum Gasteiger partial charge on any atom is -0.389 e. The lowest BCUT2D eigenvalue weighted by Crippen LogP contribution is -2.30. The maximum Gasteiger partial charge on any atom is 0.0732 e. The first kappa shape index (κ1) is 11.4. The molecule has 0 heterocycles. The average molecular weight is 202 g/mol. The molecule has 1 rings (SSSR count). The van der Waals surface area contributed by atoms with Crippen molar-refractivity contribution >= 4 is 11.8 Å². The number of thioether (sulfide) groups is 1. The quantitative estimate of drug-likeness (QED) is 0.738. The number of hydrogen-bond donors (Lipinski definition) is 1. The van der Waals surface area contributed by atoms with Crippen LogP contribution >= 0.6 is 11.8 Å². The Balaban J connectivity index is 2.22. The third-order valence-corrected chi connectivity index (χ3v) is 4.85. The molecule has 0 bridgehead atoms. The fraction of sp³-hybridized carbons (Fsp3) is 1.00. The Morgan fingerprint density at radius 1 is 1.23 bits per heavy atom. The van der Waals surface area contributed by atoms with Gasteiger partial charge in [-0.3, -0.25) is 0 Å². The monoisotopic (exact) mass is 202 g/mol. The van der Waals surface area contributed by atoms with Crippen molar-refractivity contribution in [2.24, 2.45) is 0 Å². The highest BCUT2D eigenvalue weighted by Gasteiger charge is 2.25. The molecule has 78 valence electrons. The van der Waals surface area contributed by atoms with Crippen molar-refractivity contribution in [1.82, 2.24) is 0 Å². The van der Waals surface area contributed by atoms with Crippen LogP contribution in [0.2, 0.25) is 0 Å². The predicted octanol–water partition coefficient (Wildman–Crippen LogP) is 3.21. The van der Waals surface area contributed by atoms with Crippen LogP contribution in [0.1, 0.15) is 52.4 Å². The van der Waals surface area contributed by atoms with E-state index in [-0.39, 0.29) is 0 Å². The van der Waals surface area contributed by atoms with E-state index in [1.54, 1.807) is 0 Å². The summed E-state index contributed by atoms with van der Waals surface area (Å²) in [5.41, 5.74) is -0.396. The Hall–Kier alpha value is 0.310. The van der Waals surface area contributed by atoms with E-state index >= 15 is 0 Å². The largest absolute Gasteiger partial charge is 0.389 e. The molecule has 1 aliphatic carbocycles. The van der Waals surface area contributed by atoms with Gasteiger partial charge in [-0.25, -0.2) is 0 Å². The molecule has 0 aromatic carbocycles. The molecule has 13 heavy (non-hydrogen) atoms. The van der Waals surface area contributed by atoms with E-state index in [1.165, 1.54) is 25.7 Å². The SMILES string of the molecule is CCC(O)(CC)CSC1CCCC1. The summed E-state index contributed by atoms with van der Waals surface area (Å²) in [4.78, 5) is 0. The highest BCUT2D eigenvalue weighted by Crippen LogP contribution is 2.32. The van der Waals surface area contributed by atoms with E-state index in [2.05, 4.69) is 13.8 Å². The highest BCUT2D eigenvalue weighted by atomic mass is 32.2. The minimum atomic E-state index is -0.396. The van der Waals surface area contributed by atoms with Gasteiger partial charge in [0.2, 0.25) is 0 Å². The maximum atomic E-state index is 10.1. The summed E-state index contributed by atoms with van der Waals surface area (Å²) in [5, 5.41) is 10.9. The van der Waals surface area contributed by atoms with Gasteiger partial charge in [-0.1, -0.05) is 26.7 Å². The highest BCUT2D eigenvalue weighted by molar-refractivity contribution is 7.99. The van der Waals surface area contributed by atoms with Gasteiger partial charge in [-0.2, -0.15) is 11.8 Å². The third-order valence-electron chi connectivity index (χ3n) is 3.21. The Morgan fingerprint density at radius 3 is 2.23 bits per heavy atom. The van der Waals surface area contributed by atoms with Crippen molar-refractivity contribution in [2.75, 3.05) is 5.75 Å². The van der Waals surface area contributed by atoms with Crippen molar-refractivity contribution in [3.05, 3.63) is 0 Å². The lowest BCUT2D eigenvalue weighted by Gasteiger charge is -2.26. The summed E-state index contributed by atoms with van der Waals surface area (Å²) in [5.74, 6) is 0.935. The molecule has 1 N–H and O–H groups in total. The molecule has 0 spiro atoms. The van der Waals surface area contributed by atoms with Gasteiger partial charge >= 0.3 is 0 Å². The molecule has 1 saturated carbocycles. The summed E-state index contributed by atoms with van der Waals surface area (Å²) in [6.45, 7) is 4.16. The Morgan fingerprint density at radius 2 is 1.77 bits per heavy atom. The van der Waals surface area contributed by atoms with Crippen LogP contribution in [0.3, 0.4) is 0 Å². The Bertz CT molecular complexity index is 137. The third kappa shape index (κ3) is 3.51. The van der Waals surface area contributed by atoms with Crippen LogP contribution in [-0.4, -0.2) is 21.7 Å². The van der Waals surface area contributed by atoms with Crippen molar-refractivity contribution in [2.45, 2.75) is 63.2 Å². The van der Waals surface area contributed by atoms with Gasteiger partial charge in [-0.05, 0) is 25.7 Å². The summed E-state index contributed by atoms with van der Waals surface area (Å²) < 4.78 is 0. The molecular formula is C11H22OS. The van der Waals surface area contributed by atoms with E-state index in [0.717, 1.165) is 23.8 Å². The summed E-state index contributed by atoms with van der Waals surface area (Å²) >= 11 is 1.99. The first-order valence-corrected chi connectivity index (χ1v) is 6.59. The molecule has 0 saturated heterocycles. The fourth-order valence-corrected chi connectivity index (χ4v) is 3.40. The Kier molecular flexibility index (Phi) is 4.60. The van der Waals surface area contributed by atoms with E-state index in [0.29, 0.717) is 0 Å². The summed E-state index contributed by atoms with van der Waals surface area (Å²) in [6, 6.07) is 0.